The molecule has 2 nitrogen and oxygen atoms in total. The number of hydrogen-bond acceptors (Lipinski definition) is 0. The molecule has 0 aliphatic rings. The minimum absolute atomic E-state index is 1.15. The summed E-state index contributed by atoms with van der Waals surface area (Å²) in [4.78, 5) is 0. The molecule has 0 saturated carbocycles. The average molecular weight is 637 g/mol. The molecule has 0 spiro atoms. The van der Waals surface area contributed by atoms with Crippen LogP contribution in [0.2, 0.25) is 0 Å². The highest BCUT2D eigenvalue weighted by Crippen LogP contribution is 2.42. The summed E-state index contributed by atoms with van der Waals surface area (Å²) in [5, 5.41) is 5.01. The Morgan fingerprint density at radius 1 is 0.260 bits per heavy atom. The molecule has 0 aliphatic carbocycles. The van der Waals surface area contributed by atoms with Gasteiger partial charge in [-0.1, -0.05) is 152 Å². The first-order valence-electron chi connectivity index (χ1n) is 17.2. The maximum Gasteiger partial charge on any atom is 0.0562 e. The Morgan fingerprint density at radius 3 is 1.50 bits per heavy atom. The van der Waals surface area contributed by atoms with Crippen molar-refractivity contribution in [2.24, 2.45) is 0 Å². The van der Waals surface area contributed by atoms with Crippen LogP contribution in [0.3, 0.4) is 0 Å². The number of nitrogens with zero attached hydrogens (tertiary/aromatic N) is 2. The smallest absolute Gasteiger partial charge is 0.0562 e. The number of benzene rings is 8. The van der Waals surface area contributed by atoms with Crippen LogP contribution in [0.15, 0.2) is 194 Å². The zero-order valence-electron chi connectivity index (χ0n) is 27.4. The van der Waals surface area contributed by atoms with Gasteiger partial charge in [0.25, 0.3) is 0 Å². The fraction of sp³-hybridized carbons (Fsp3) is 0. The normalized spacial score (nSPS) is 11.6. The van der Waals surface area contributed by atoms with Gasteiger partial charge in [0, 0.05) is 32.8 Å². The molecular weight excluding hydrogens is 605 g/mol. The summed E-state index contributed by atoms with van der Waals surface area (Å²) >= 11 is 0. The standard InChI is InChI=1S/C48H32N2/c1-3-16-33(17-4-1)35-20-15-21-36(30-35)49-44-27-12-10-25-40(44)42-31-43-41-26-11-14-29-46(41)50(48(43)32-47(42)49)45-28-13-9-24-39(45)38-23-8-7-22-37(38)34-18-5-2-6-19-34/h1-32H. The lowest BCUT2D eigenvalue weighted by Gasteiger charge is -2.17. The third-order valence-electron chi connectivity index (χ3n) is 10.1. The lowest BCUT2D eigenvalue weighted by Crippen LogP contribution is -1.99. The van der Waals surface area contributed by atoms with Crippen molar-refractivity contribution in [2.75, 3.05) is 0 Å². The highest BCUT2D eigenvalue weighted by molar-refractivity contribution is 6.19. The van der Waals surface area contributed by atoms with Crippen LogP contribution in [0, 0.1) is 0 Å². The Balaban J connectivity index is 1.28. The van der Waals surface area contributed by atoms with Crippen LogP contribution < -0.4 is 0 Å². The largest absolute Gasteiger partial charge is 0.309 e. The minimum atomic E-state index is 1.15. The molecule has 0 radical (unpaired) electrons. The fourth-order valence-corrected chi connectivity index (χ4v) is 7.91. The molecule has 2 aromatic heterocycles. The van der Waals surface area contributed by atoms with E-state index in [2.05, 4.69) is 203 Å². The first kappa shape index (κ1) is 28.4. The Labute approximate surface area is 290 Å². The average Bonchev–Trinajstić information content (AvgIpc) is 3.69. The fourth-order valence-electron chi connectivity index (χ4n) is 7.91. The van der Waals surface area contributed by atoms with Gasteiger partial charge in [-0.05, 0) is 70.3 Å². The van der Waals surface area contributed by atoms with E-state index in [0.29, 0.717) is 0 Å². The molecule has 10 rings (SSSR count). The van der Waals surface area contributed by atoms with Crippen molar-refractivity contribution in [1.82, 2.24) is 9.13 Å². The molecule has 8 aromatic carbocycles. The highest BCUT2D eigenvalue weighted by Gasteiger charge is 2.20. The molecule has 0 atom stereocenters. The van der Waals surface area contributed by atoms with Crippen molar-refractivity contribution in [1.29, 1.82) is 0 Å². The van der Waals surface area contributed by atoms with Gasteiger partial charge < -0.3 is 9.13 Å². The first-order valence-corrected chi connectivity index (χ1v) is 17.2. The number of rotatable bonds is 5. The van der Waals surface area contributed by atoms with Gasteiger partial charge in [-0.3, -0.25) is 0 Å². The van der Waals surface area contributed by atoms with Gasteiger partial charge in [0.05, 0.1) is 27.8 Å². The van der Waals surface area contributed by atoms with Crippen molar-refractivity contribution in [3.05, 3.63) is 194 Å². The SMILES string of the molecule is c1ccc(-c2cccc(-n3c4ccccc4c4cc5c6ccccc6n(-c6ccccc6-c6ccccc6-c6ccccc6)c5cc43)c2)cc1. The summed E-state index contributed by atoms with van der Waals surface area (Å²) in [6, 6.07) is 70.4. The Kier molecular flexibility index (Phi) is 6.53. The van der Waals surface area contributed by atoms with E-state index < -0.39 is 0 Å². The first-order chi connectivity index (χ1) is 24.8. The van der Waals surface area contributed by atoms with Crippen molar-refractivity contribution in [2.45, 2.75) is 0 Å². The van der Waals surface area contributed by atoms with Gasteiger partial charge in [-0.25, -0.2) is 0 Å². The number of fused-ring (bicyclic) bond motifs is 6. The Hall–Kier alpha value is -6.64. The molecule has 50 heavy (non-hydrogen) atoms. The van der Waals surface area contributed by atoms with E-state index >= 15 is 0 Å². The second-order valence-corrected chi connectivity index (χ2v) is 12.9. The monoisotopic (exact) mass is 636 g/mol. The van der Waals surface area contributed by atoms with E-state index in [1.165, 1.54) is 77.0 Å². The van der Waals surface area contributed by atoms with Gasteiger partial charge in [-0.2, -0.15) is 0 Å². The molecule has 2 heteroatoms. The van der Waals surface area contributed by atoms with Crippen molar-refractivity contribution < 1.29 is 0 Å². The quantitative estimate of drug-likeness (QED) is 0.178. The zero-order valence-corrected chi connectivity index (χ0v) is 27.4. The zero-order chi connectivity index (χ0) is 33.0. The maximum absolute atomic E-state index is 2.48. The molecule has 10 aromatic rings. The lowest BCUT2D eigenvalue weighted by molar-refractivity contribution is 1.17. The van der Waals surface area contributed by atoms with Gasteiger partial charge in [-0.15, -0.1) is 0 Å². The molecule has 234 valence electrons. The van der Waals surface area contributed by atoms with Crippen LogP contribution in [-0.4, -0.2) is 9.13 Å². The van der Waals surface area contributed by atoms with Crippen LogP contribution in [0.1, 0.15) is 0 Å². The van der Waals surface area contributed by atoms with E-state index in [1.807, 2.05) is 0 Å². The second kappa shape index (κ2) is 11.5. The summed E-state index contributed by atoms with van der Waals surface area (Å²) in [6.07, 6.45) is 0. The van der Waals surface area contributed by atoms with E-state index in [-0.39, 0.29) is 0 Å². The highest BCUT2D eigenvalue weighted by atomic mass is 15.0. The topological polar surface area (TPSA) is 9.86 Å². The molecule has 0 saturated heterocycles. The van der Waals surface area contributed by atoms with E-state index in [1.54, 1.807) is 0 Å². The third kappa shape index (κ3) is 4.43. The van der Waals surface area contributed by atoms with Gasteiger partial charge in [0.2, 0.25) is 0 Å². The Bertz CT molecular complexity index is 2860. The number of para-hydroxylation sites is 3. The molecule has 0 bridgehead atoms. The van der Waals surface area contributed by atoms with E-state index in [4.69, 9.17) is 0 Å². The van der Waals surface area contributed by atoms with E-state index in [0.717, 1.165) is 11.4 Å². The molecule has 0 fully saturated rings. The second-order valence-electron chi connectivity index (χ2n) is 12.9. The molecule has 0 N–H and O–H groups in total. The summed E-state index contributed by atoms with van der Waals surface area (Å²) in [7, 11) is 0. The summed E-state index contributed by atoms with van der Waals surface area (Å²) in [5.74, 6) is 0. The maximum atomic E-state index is 2.48. The molecule has 0 unspecified atom stereocenters. The predicted octanol–water partition coefficient (Wildman–Crippen LogP) is 12.9. The summed E-state index contributed by atoms with van der Waals surface area (Å²) < 4.78 is 4.92. The van der Waals surface area contributed by atoms with Crippen LogP contribution in [0.5, 0.6) is 0 Å². The van der Waals surface area contributed by atoms with Crippen molar-refractivity contribution >= 4 is 43.6 Å². The molecule has 0 amide bonds. The minimum Gasteiger partial charge on any atom is -0.309 e. The number of aromatic nitrogens is 2. The van der Waals surface area contributed by atoms with Gasteiger partial charge in [0.1, 0.15) is 0 Å². The van der Waals surface area contributed by atoms with E-state index in [9.17, 15) is 0 Å². The van der Waals surface area contributed by atoms with Crippen molar-refractivity contribution in [3.63, 3.8) is 0 Å². The third-order valence-corrected chi connectivity index (χ3v) is 10.1. The van der Waals surface area contributed by atoms with Crippen LogP contribution in [-0.2, 0) is 0 Å². The van der Waals surface area contributed by atoms with Crippen LogP contribution in [0.25, 0.3) is 88.4 Å². The predicted molar refractivity (Wildman–Crippen MR) is 211 cm³/mol. The van der Waals surface area contributed by atoms with Gasteiger partial charge in [0.15, 0.2) is 0 Å². The number of hydrogen-bond donors (Lipinski definition) is 0. The van der Waals surface area contributed by atoms with Gasteiger partial charge >= 0.3 is 0 Å². The van der Waals surface area contributed by atoms with Crippen LogP contribution in [0.4, 0.5) is 0 Å². The molecular formula is C48H32N2. The Morgan fingerprint density at radius 2 is 0.780 bits per heavy atom. The summed E-state index contributed by atoms with van der Waals surface area (Å²) in [6.45, 7) is 0. The van der Waals surface area contributed by atoms with Crippen LogP contribution >= 0.6 is 0 Å². The summed E-state index contributed by atoms with van der Waals surface area (Å²) in [5.41, 5.74) is 14.4. The van der Waals surface area contributed by atoms with Crippen molar-refractivity contribution in [3.8, 4) is 44.8 Å². The molecule has 0 aliphatic heterocycles. The molecule has 2 heterocycles. The lowest BCUT2D eigenvalue weighted by atomic mass is 9.93.